The van der Waals surface area contributed by atoms with Crippen LogP contribution >= 0.6 is 0 Å². The monoisotopic (exact) mass is 157 g/mol. The summed E-state index contributed by atoms with van der Waals surface area (Å²) in [6.07, 6.45) is 3.77. The first-order valence-corrected chi connectivity index (χ1v) is 6.82. The Labute approximate surface area is 64.9 Å². The van der Waals surface area contributed by atoms with Gasteiger partial charge in [-0.2, -0.15) is 0 Å². The van der Waals surface area contributed by atoms with Crippen molar-refractivity contribution in [1.82, 2.24) is 0 Å². The van der Waals surface area contributed by atoms with Gasteiger partial charge in [-0.1, -0.05) is 19.4 Å². The predicted molar refractivity (Wildman–Crippen MR) is 47.0 cm³/mol. The molecule has 1 radical (unpaired) electrons. The lowest BCUT2D eigenvalue weighted by atomic mass is 10.2. The van der Waals surface area contributed by atoms with E-state index in [9.17, 15) is 4.80 Å². The van der Waals surface area contributed by atoms with Gasteiger partial charge in [0.1, 0.15) is 0 Å². The maximum absolute atomic E-state index is 11.5. The zero-order chi connectivity index (χ0) is 8.20. The van der Waals surface area contributed by atoms with E-state index in [1.165, 1.54) is 0 Å². The largest absolute Gasteiger partial charge is 0.298 e. The lowest BCUT2D eigenvalue weighted by Gasteiger charge is -2.21. The first kappa shape index (κ1) is 9.92. The van der Waals surface area contributed by atoms with Crippen LogP contribution in [0.5, 0.6) is 0 Å². The quantitative estimate of drug-likeness (QED) is 0.441. The fraction of sp³-hybridized carbons (Fsp3) is 0.750. The van der Waals surface area contributed by atoms with Crippen LogP contribution in [0.25, 0.3) is 0 Å². The molecule has 0 aromatic heterocycles. The number of hydrogen-bond acceptors (Lipinski definition) is 0. The molecule has 0 heterocycles. The second-order valence-corrected chi connectivity index (χ2v) is 7.26. The van der Waals surface area contributed by atoms with Crippen molar-refractivity contribution in [2.45, 2.75) is 38.4 Å². The summed E-state index contributed by atoms with van der Waals surface area (Å²) in [6, 6.07) is 0. The minimum absolute atomic E-state index is 0.380. The van der Waals surface area contributed by atoms with E-state index >= 15 is 0 Å². The second-order valence-electron chi connectivity index (χ2n) is 3.23. The van der Waals surface area contributed by atoms with Crippen molar-refractivity contribution in [2.75, 3.05) is 0 Å². The molecule has 0 saturated heterocycles. The molecule has 0 rings (SSSR count). The van der Waals surface area contributed by atoms with E-state index < -0.39 is 8.32 Å². The average molecular weight is 157 g/mol. The third-order valence-electron chi connectivity index (χ3n) is 1.93. The topological polar surface area (TPSA) is 19.9 Å². The van der Waals surface area contributed by atoms with Gasteiger partial charge in [0.05, 0.1) is 0 Å². The summed E-state index contributed by atoms with van der Waals surface area (Å²) >= 11 is 0. The minimum atomic E-state index is -2.13. The summed E-state index contributed by atoms with van der Waals surface area (Å²) in [5.41, 5.74) is 0.380. The summed E-state index contributed by atoms with van der Waals surface area (Å²) in [5, 5.41) is 0. The molecule has 0 bridgehead atoms. The van der Waals surface area contributed by atoms with Crippen molar-refractivity contribution in [2.24, 2.45) is 0 Å². The molecule has 0 aliphatic heterocycles. The SMILES string of the molecule is C=CCC(CC)[Si](C)(C)[O]. The summed E-state index contributed by atoms with van der Waals surface area (Å²) in [7, 11) is -2.13. The van der Waals surface area contributed by atoms with E-state index in [-0.39, 0.29) is 0 Å². The fourth-order valence-electron chi connectivity index (χ4n) is 1.14. The molecule has 0 N–H and O–H groups in total. The van der Waals surface area contributed by atoms with E-state index in [0.717, 1.165) is 12.8 Å². The van der Waals surface area contributed by atoms with E-state index in [0.29, 0.717) is 5.54 Å². The number of hydrogen-bond donors (Lipinski definition) is 0. The van der Waals surface area contributed by atoms with Gasteiger partial charge in [-0.15, -0.1) is 6.58 Å². The molecule has 1 unspecified atom stereocenters. The maximum atomic E-state index is 11.5. The van der Waals surface area contributed by atoms with Crippen LogP contribution in [0.2, 0.25) is 18.6 Å². The van der Waals surface area contributed by atoms with Gasteiger partial charge in [0.15, 0.2) is 0 Å². The summed E-state index contributed by atoms with van der Waals surface area (Å²) in [5.74, 6) is 0. The number of allylic oxidation sites excluding steroid dienone is 1. The van der Waals surface area contributed by atoms with Gasteiger partial charge >= 0.3 is 0 Å². The standard InChI is InChI=1S/C8H17OSi/c1-5-7-8(6-2)10(3,4)9/h5,8H,1,6-7H2,2-4H3. The van der Waals surface area contributed by atoms with Gasteiger partial charge in [-0.25, -0.2) is 0 Å². The van der Waals surface area contributed by atoms with E-state index in [4.69, 9.17) is 0 Å². The Balaban J connectivity index is 3.92. The Morgan fingerprint density at radius 3 is 2.20 bits per heavy atom. The number of rotatable bonds is 4. The molecule has 0 fully saturated rings. The van der Waals surface area contributed by atoms with Crippen molar-refractivity contribution >= 4 is 8.32 Å². The van der Waals surface area contributed by atoms with Gasteiger partial charge in [-0.3, -0.25) is 4.80 Å². The normalized spacial score (nSPS) is 14.8. The highest BCUT2D eigenvalue weighted by Gasteiger charge is 2.29. The molecule has 1 atom stereocenters. The predicted octanol–water partition coefficient (Wildman–Crippen LogP) is 2.98. The molecular formula is C8H17OSi. The van der Waals surface area contributed by atoms with Crippen LogP contribution in [0.3, 0.4) is 0 Å². The van der Waals surface area contributed by atoms with Crippen LogP contribution in [0.1, 0.15) is 19.8 Å². The van der Waals surface area contributed by atoms with Crippen molar-refractivity contribution in [3.63, 3.8) is 0 Å². The maximum Gasteiger partial charge on any atom is 0.234 e. The highest BCUT2D eigenvalue weighted by atomic mass is 28.4. The Morgan fingerprint density at radius 1 is 1.60 bits per heavy atom. The lowest BCUT2D eigenvalue weighted by molar-refractivity contribution is 0.407. The highest BCUT2D eigenvalue weighted by molar-refractivity contribution is 6.71. The zero-order valence-electron chi connectivity index (χ0n) is 7.18. The Bertz CT molecular complexity index is 104. The Hall–Kier alpha value is -0.0831. The van der Waals surface area contributed by atoms with Crippen molar-refractivity contribution in [3.05, 3.63) is 12.7 Å². The molecule has 0 aromatic carbocycles. The third-order valence-corrected chi connectivity index (χ3v) is 4.54. The summed E-state index contributed by atoms with van der Waals surface area (Å²) in [4.78, 5) is 11.5. The van der Waals surface area contributed by atoms with Crippen LogP contribution in [0, 0.1) is 0 Å². The minimum Gasteiger partial charge on any atom is -0.298 e. The molecule has 0 aromatic rings. The van der Waals surface area contributed by atoms with Crippen molar-refractivity contribution in [3.8, 4) is 0 Å². The van der Waals surface area contributed by atoms with Crippen LogP contribution in [-0.2, 0) is 4.80 Å². The highest BCUT2D eigenvalue weighted by Crippen LogP contribution is 2.26. The van der Waals surface area contributed by atoms with Crippen LogP contribution in [0.15, 0.2) is 12.7 Å². The molecule has 0 aliphatic rings. The van der Waals surface area contributed by atoms with Gasteiger partial charge in [-0.05, 0) is 25.1 Å². The third kappa shape index (κ3) is 3.18. The fourth-order valence-corrected chi connectivity index (χ4v) is 2.86. The van der Waals surface area contributed by atoms with Gasteiger partial charge in [0.2, 0.25) is 8.32 Å². The summed E-state index contributed by atoms with van der Waals surface area (Å²) < 4.78 is 0. The van der Waals surface area contributed by atoms with E-state index in [1.807, 2.05) is 19.2 Å². The lowest BCUT2D eigenvalue weighted by Crippen LogP contribution is -2.29. The molecule has 0 saturated carbocycles. The van der Waals surface area contributed by atoms with Crippen molar-refractivity contribution in [1.29, 1.82) is 0 Å². The molecule has 1 nitrogen and oxygen atoms in total. The molecule has 2 heteroatoms. The molecule has 10 heavy (non-hydrogen) atoms. The van der Waals surface area contributed by atoms with Crippen LogP contribution in [0.4, 0.5) is 0 Å². The van der Waals surface area contributed by atoms with Crippen molar-refractivity contribution < 1.29 is 4.80 Å². The molecular weight excluding hydrogens is 140 g/mol. The zero-order valence-corrected chi connectivity index (χ0v) is 8.18. The van der Waals surface area contributed by atoms with Gasteiger partial charge in [0.25, 0.3) is 0 Å². The summed E-state index contributed by atoms with van der Waals surface area (Å²) in [6.45, 7) is 9.49. The van der Waals surface area contributed by atoms with E-state index in [1.54, 1.807) is 0 Å². The molecule has 0 spiro atoms. The molecule has 59 valence electrons. The van der Waals surface area contributed by atoms with Gasteiger partial charge in [0, 0.05) is 0 Å². The Morgan fingerprint density at radius 2 is 2.10 bits per heavy atom. The van der Waals surface area contributed by atoms with Crippen LogP contribution in [-0.4, -0.2) is 8.32 Å². The molecule has 0 amide bonds. The van der Waals surface area contributed by atoms with E-state index in [2.05, 4.69) is 13.5 Å². The first-order chi connectivity index (χ1) is 4.52. The smallest absolute Gasteiger partial charge is 0.234 e. The Kier molecular flexibility index (Phi) is 3.90. The average Bonchev–Trinajstić information content (AvgIpc) is 1.80. The van der Waals surface area contributed by atoms with Gasteiger partial charge < -0.3 is 0 Å². The van der Waals surface area contributed by atoms with Crippen LogP contribution < -0.4 is 0 Å². The molecule has 0 aliphatic carbocycles. The first-order valence-electron chi connectivity index (χ1n) is 3.83. The second kappa shape index (κ2) is 3.94.